The molecule has 0 amide bonds. The van der Waals surface area contributed by atoms with Crippen LogP contribution in [0.3, 0.4) is 0 Å². The van der Waals surface area contributed by atoms with Crippen molar-refractivity contribution >= 4 is 12.0 Å². The molecule has 2 heterocycles. The van der Waals surface area contributed by atoms with E-state index in [1.807, 2.05) is 0 Å². The Morgan fingerprint density at radius 1 is 1.37 bits per heavy atom. The Kier molecular flexibility index (Phi) is 3.83. The molecule has 1 fully saturated rings. The summed E-state index contributed by atoms with van der Waals surface area (Å²) in [6, 6.07) is 0.540. The summed E-state index contributed by atoms with van der Waals surface area (Å²) in [5.74, 6) is 0.117. The zero-order valence-corrected chi connectivity index (χ0v) is 12.2. The van der Waals surface area contributed by atoms with Crippen molar-refractivity contribution in [3.63, 3.8) is 0 Å². The van der Waals surface area contributed by atoms with Gasteiger partial charge in [-0.15, -0.1) is 0 Å². The van der Waals surface area contributed by atoms with E-state index in [0.29, 0.717) is 29.5 Å². The Morgan fingerprint density at radius 3 is 2.53 bits per heavy atom. The number of esters is 1. The number of hydrogen-bond donors (Lipinski definition) is 0. The molecule has 1 saturated heterocycles. The lowest BCUT2D eigenvalue weighted by atomic mass is 9.75. The topological polar surface area (TPSA) is 55.6 Å². The van der Waals surface area contributed by atoms with E-state index in [0.717, 1.165) is 25.9 Å². The predicted octanol–water partition coefficient (Wildman–Crippen LogP) is 2.79. The molecule has 0 bridgehead atoms. The van der Waals surface area contributed by atoms with E-state index in [-0.39, 0.29) is 0 Å². The van der Waals surface area contributed by atoms with Crippen molar-refractivity contribution in [3.8, 4) is 0 Å². The quantitative estimate of drug-likeness (QED) is 0.767. The van der Waals surface area contributed by atoms with Crippen LogP contribution < -0.4 is 4.90 Å². The third-order valence-corrected chi connectivity index (χ3v) is 4.08. The Bertz CT molecular complexity index is 455. The first-order chi connectivity index (χ1) is 9.05. The highest BCUT2D eigenvalue weighted by atomic mass is 16.5. The zero-order valence-electron chi connectivity index (χ0n) is 12.2. The number of oxazole rings is 1. The molecule has 2 rings (SSSR count). The van der Waals surface area contributed by atoms with Gasteiger partial charge in [-0.25, -0.2) is 4.79 Å². The summed E-state index contributed by atoms with van der Waals surface area (Å²) in [5.41, 5.74) is 0.675. The van der Waals surface area contributed by atoms with Crippen molar-refractivity contribution in [3.05, 3.63) is 11.5 Å². The van der Waals surface area contributed by atoms with Crippen molar-refractivity contribution in [2.45, 2.75) is 40.5 Å². The summed E-state index contributed by atoms with van der Waals surface area (Å²) < 4.78 is 10.5. The van der Waals surface area contributed by atoms with Crippen LogP contribution in [0.15, 0.2) is 4.42 Å². The third-order valence-electron chi connectivity index (χ3n) is 4.08. The number of carbonyl (C=O) groups is 1. The molecule has 0 atom stereocenters. The van der Waals surface area contributed by atoms with Gasteiger partial charge in [0.2, 0.25) is 0 Å². The molecule has 5 heteroatoms. The number of rotatable bonds is 5. The van der Waals surface area contributed by atoms with Crippen LogP contribution in [-0.4, -0.2) is 30.6 Å². The molecule has 0 N–H and O–H groups in total. The van der Waals surface area contributed by atoms with Crippen LogP contribution in [0.5, 0.6) is 0 Å². The molecule has 0 aliphatic carbocycles. The van der Waals surface area contributed by atoms with Crippen molar-refractivity contribution in [2.24, 2.45) is 5.41 Å². The maximum absolute atomic E-state index is 11.7. The first-order valence-corrected chi connectivity index (χ1v) is 6.94. The maximum atomic E-state index is 11.7. The molecule has 0 unspecified atom stereocenters. The molecule has 1 aromatic rings. The van der Waals surface area contributed by atoms with Gasteiger partial charge in [-0.2, -0.15) is 4.98 Å². The van der Waals surface area contributed by atoms with Crippen molar-refractivity contribution in [1.82, 2.24) is 4.98 Å². The van der Waals surface area contributed by atoms with Gasteiger partial charge < -0.3 is 14.1 Å². The van der Waals surface area contributed by atoms with Gasteiger partial charge >= 0.3 is 5.97 Å². The van der Waals surface area contributed by atoms with E-state index in [1.54, 1.807) is 13.8 Å². The number of hydrogen-bond acceptors (Lipinski definition) is 5. The predicted molar refractivity (Wildman–Crippen MR) is 72.4 cm³/mol. The fourth-order valence-electron chi connectivity index (χ4n) is 2.50. The summed E-state index contributed by atoms with van der Waals surface area (Å²) in [4.78, 5) is 18.0. The fourth-order valence-corrected chi connectivity index (χ4v) is 2.50. The minimum Gasteiger partial charge on any atom is -0.461 e. The Labute approximate surface area is 113 Å². The monoisotopic (exact) mass is 266 g/mol. The third kappa shape index (κ3) is 2.46. The second kappa shape index (κ2) is 5.23. The van der Waals surface area contributed by atoms with Gasteiger partial charge in [0, 0.05) is 18.5 Å². The minimum absolute atomic E-state index is 0.294. The van der Waals surface area contributed by atoms with E-state index in [9.17, 15) is 4.79 Å². The molecular formula is C14H22N2O3. The Morgan fingerprint density at radius 2 is 2.00 bits per heavy atom. The Hall–Kier alpha value is -1.52. The normalized spacial score (nSPS) is 17.2. The number of carbonyl (C=O) groups excluding carboxylic acids is 1. The first-order valence-electron chi connectivity index (χ1n) is 6.94. The summed E-state index contributed by atoms with van der Waals surface area (Å²) in [6.45, 7) is 10.2. The lowest BCUT2D eigenvalue weighted by molar-refractivity contribution is 0.0518. The zero-order chi connectivity index (χ0) is 14.0. The van der Waals surface area contributed by atoms with Crippen LogP contribution in [0.2, 0.25) is 0 Å². The number of aromatic nitrogens is 1. The van der Waals surface area contributed by atoms with Crippen molar-refractivity contribution in [1.29, 1.82) is 0 Å². The van der Waals surface area contributed by atoms with Crippen molar-refractivity contribution in [2.75, 3.05) is 24.6 Å². The fraction of sp³-hybridized carbons (Fsp3) is 0.714. The average Bonchev–Trinajstić information content (AvgIpc) is 2.72. The molecular weight excluding hydrogens is 244 g/mol. The highest BCUT2D eigenvalue weighted by molar-refractivity contribution is 5.88. The first kappa shape index (κ1) is 13.9. The number of nitrogens with zero attached hydrogens (tertiary/aromatic N) is 2. The van der Waals surface area contributed by atoms with E-state index in [4.69, 9.17) is 9.15 Å². The minimum atomic E-state index is -0.409. The SMILES string of the molecule is CCOC(=O)c1nc(N2CC(CC)(CC)C2)oc1C. The molecule has 0 aromatic carbocycles. The summed E-state index contributed by atoms with van der Waals surface area (Å²) in [6.07, 6.45) is 2.31. The van der Waals surface area contributed by atoms with Crippen LogP contribution in [0.4, 0.5) is 6.01 Å². The number of anilines is 1. The van der Waals surface area contributed by atoms with E-state index in [1.165, 1.54) is 0 Å². The second-order valence-electron chi connectivity index (χ2n) is 5.18. The molecule has 19 heavy (non-hydrogen) atoms. The maximum Gasteiger partial charge on any atom is 0.360 e. The van der Waals surface area contributed by atoms with Crippen LogP contribution in [-0.2, 0) is 4.74 Å². The second-order valence-corrected chi connectivity index (χ2v) is 5.18. The lowest BCUT2D eigenvalue weighted by Gasteiger charge is -2.48. The summed E-state index contributed by atoms with van der Waals surface area (Å²) >= 11 is 0. The molecule has 1 aromatic heterocycles. The van der Waals surface area contributed by atoms with E-state index < -0.39 is 5.97 Å². The van der Waals surface area contributed by atoms with E-state index in [2.05, 4.69) is 23.7 Å². The summed E-state index contributed by atoms with van der Waals surface area (Å²) in [7, 11) is 0. The molecule has 0 saturated carbocycles. The van der Waals surface area contributed by atoms with Crippen molar-refractivity contribution < 1.29 is 13.9 Å². The number of aryl methyl sites for hydroxylation is 1. The van der Waals surface area contributed by atoms with Gasteiger partial charge in [-0.3, -0.25) is 0 Å². The standard InChI is InChI=1S/C14H22N2O3/c1-5-14(6-2)8-16(9-14)13-15-11(10(4)19-13)12(17)18-7-3/h5-9H2,1-4H3. The van der Waals surface area contributed by atoms with Gasteiger partial charge in [-0.05, 0) is 26.7 Å². The molecule has 0 radical (unpaired) electrons. The lowest BCUT2D eigenvalue weighted by Crippen LogP contribution is -2.56. The van der Waals surface area contributed by atoms with Gasteiger partial charge in [0.1, 0.15) is 5.76 Å². The molecule has 0 spiro atoms. The van der Waals surface area contributed by atoms with Gasteiger partial charge in [0.25, 0.3) is 6.01 Å². The molecule has 106 valence electrons. The Balaban J connectivity index is 2.08. The van der Waals surface area contributed by atoms with Crippen LogP contribution in [0.1, 0.15) is 49.9 Å². The van der Waals surface area contributed by atoms with Gasteiger partial charge in [0.15, 0.2) is 5.69 Å². The van der Waals surface area contributed by atoms with Gasteiger partial charge in [0.05, 0.1) is 6.61 Å². The molecule has 1 aliphatic heterocycles. The molecule has 1 aliphatic rings. The smallest absolute Gasteiger partial charge is 0.360 e. The number of ether oxygens (including phenoxy) is 1. The van der Waals surface area contributed by atoms with Crippen LogP contribution in [0, 0.1) is 12.3 Å². The highest BCUT2D eigenvalue weighted by Crippen LogP contribution is 2.39. The van der Waals surface area contributed by atoms with Crippen LogP contribution >= 0.6 is 0 Å². The largest absolute Gasteiger partial charge is 0.461 e. The summed E-state index contributed by atoms with van der Waals surface area (Å²) in [5, 5.41) is 0. The van der Waals surface area contributed by atoms with Gasteiger partial charge in [-0.1, -0.05) is 13.8 Å². The van der Waals surface area contributed by atoms with E-state index >= 15 is 0 Å². The average molecular weight is 266 g/mol. The highest BCUT2D eigenvalue weighted by Gasteiger charge is 2.42. The molecule has 5 nitrogen and oxygen atoms in total. The van der Waals surface area contributed by atoms with Crippen LogP contribution in [0.25, 0.3) is 0 Å².